The third kappa shape index (κ3) is 3.07. The number of aromatic hydroxyl groups is 1. The number of benzene rings is 1. The number of likely N-dealkylation sites (tertiary alicyclic amines) is 1. The van der Waals surface area contributed by atoms with Crippen LogP contribution in [0.15, 0.2) is 24.3 Å². The molecule has 132 valence electrons. The predicted molar refractivity (Wildman–Crippen MR) is 100 cm³/mol. The van der Waals surface area contributed by atoms with E-state index >= 15 is 0 Å². The average Bonchev–Trinajstić information content (AvgIpc) is 2.97. The van der Waals surface area contributed by atoms with Gasteiger partial charge in [-0.15, -0.1) is 10.2 Å². The van der Waals surface area contributed by atoms with Crippen LogP contribution in [0.1, 0.15) is 18.4 Å². The van der Waals surface area contributed by atoms with E-state index in [4.69, 9.17) is 11.6 Å². The molecule has 6 heteroatoms. The molecule has 5 nitrogen and oxygen atoms in total. The Labute approximate surface area is 153 Å². The highest BCUT2D eigenvalue weighted by Crippen LogP contribution is 2.36. The lowest BCUT2D eigenvalue weighted by atomic mass is 9.92. The summed E-state index contributed by atoms with van der Waals surface area (Å²) in [5.74, 6) is 1.83. The Morgan fingerprint density at radius 2 is 1.96 bits per heavy atom. The molecule has 2 aliphatic heterocycles. The molecule has 0 unspecified atom stereocenters. The van der Waals surface area contributed by atoms with E-state index in [1.807, 2.05) is 25.1 Å². The van der Waals surface area contributed by atoms with E-state index in [9.17, 15) is 5.11 Å². The van der Waals surface area contributed by atoms with E-state index in [0.29, 0.717) is 22.3 Å². The van der Waals surface area contributed by atoms with Gasteiger partial charge in [0.1, 0.15) is 5.75 Å². The van der Waals surface area contributed by atoms with Crippen LogP contribution in [0.25, 0.3) is 11.3 Å². The summed E-state index contributed by atoms with van der Waals surface area (Å²) in [5.41, 5.74) is 2.26. The highest BCUT2D eigenvalue weighted by Gasteiger charge is 2.38. The van der Waals surface area contributed by atoms with E-state index in [2.05, 4.69) is 27.0 Å². The summed E-state index contributed by atoms with van der Waals surface area (Å²) >= 11 is 5.99. The SMILES string of the molecule is Cc1cc(Cl)cc(O)c1-c1ccc(N2CC[C@@H]3CCN(C)C[C@@H]32)nn1. The molecule has 2 aliphatic rings. The number of nitrogens with zero attached hydrogens (tertiary/aromatic N) is 4. The van der Waals surface area contributed by atoms with E-state index < -0.39 is 0 Å². The predicted octanol–water partition coefficient (Wildman–Crippen LogP) is 3.34. The average molecular weight is 359 g/mol. The quantitative estimate of drug-likeness (QED) is 0.892. The van der Waals surface area contributed by atoms with Crippen molar-refractivity contribution in [3.63, 3.8) is 0 Å². The second-order valence-electron chi connectivity index (χ2n) is 7.25. The first-order valence-corrected chi connectivity index (χ1v) is 9.19. The van der Waals surface area contributed by atoms with Gasteiger partial charge in [0, 0.05) is 29.7 Å². The number of halogens is 1. The summed E-state index contributed by atoms with van der Waals surface area (Å²) in [6, 6.07) is 7.87. The van der Waals surface area contributed by atoms with Gasteiger partial charge < -0.3 is 14.9 Å². The van der Waals surface area contributed by atoms with Crippen LogP contribution in [0.4, 0.5) is 5.82 Å². The van der Waals surface area contributed by atoms with Gasteiger partial charge in [0.15, 0.2) is 5.82 Å². The van der Waals surface area contributed by atoms with Gasteiger partial charge in [-0.05, 0) is 69.1 Å². The first-order chi connectivity index (χ1) is 12.0. The summed E-state index contributed by atoms with van der Waals surface area (Å²) in [6.45, 7) is 5.24. The normalized spacial score (nSPS) is 23.7. The summed E-state index contributed by atoms with van der Waals surface area (Å²) in [6.07, 6.45) is 2.50. The maximum atomic E-state index is 10.2. The number of likely N-dealkylation sites (N-methyl/N-ethyl adjacent to an activating group) is 1. The minimum atomic E-state index is 0.141. The summed E-state index contributed by atoms with van der Waals surface area (Å²) in [4.78, 5) is 4.79. The molecule has 1 aromatic heterocycles. The van der Waals surface area contributed by atoms with Crippen LogP contribution in [0, 0.1) is 12.8 Å². The molecule has 0 radical (unpaired) electrons. The topological polar surface area (TPSA) is 52.5 Å². The Morgan fingerprint density at radius 1 is 1.16 bits per heavy atom. The molecule has 25 heavy (non-hydrogen) atoms. The molecule has 2 fully saturated rings. The molecule has 4 rings (SSSR count). The van der Waals surface area contributed by atoms with Crippen LogP contribution in [-0.2, 0) is 0 Å². The Hall–Kier alpha value is -1.85. The maximum absolute atomic E-state index is 10.2. The number of hydrogen-bond donors (Lipinski definition) is 1. The Morgan fingerprint density at radius 3 is 2.68 bits per heavy atom. The number of aryl methyl sites for hydroxylation is 1. The summed E-state index contributed by atoms with van der Waals surface area (Å²) in [7, 11) is 2.19. The number of phenolic OH excluding ortho intramolecular Hbond substituents is 1. The molecule has 0 spiro atoms. The zero-order valence-electron chi connectivity index (χ0n) is 14.6. The van der Waals surface area contributed by atoms with Gasteiger partial charge in [-0.1, -0.05) is 11.6 Å². The Balaban J connectivity index is 1.61. The molecule has 2 atom stereocenters. The summed E-state index contributed by atoms with van der Waals surface area (Å²) in [5, 5.41) is 19.6. The standard InChI is InChI=1S/C19H23ClN4O/c1-12-9-14(20)10-17(25)19(12)15-3-4-18(22-21-15)24-8-6-13-5-7-23(2)11-16(13)24/h3-4,9-10,13,16,25H,5-8,11H2,1-2H3/t13-,16-/m0/s1. The van der Waals surface area contributed by atoms with E-state index in [1.54, 1.807) is 6.07 Å². The number of phenols is 1. The fraction of sp³-hybridized carbons (Fsp3) is 0.474. The molecular weight excluding hydrogens is 336 g/mol. The lowest BCUT2D eigenvalue weighted by Gasteiger charge is -2.36. The molecule has 1 N–H and O–H groups in total. The highest BCUT2D eigenvalue weighted by atomic mass is 35.5. The van der Waals surface area contributed by atoms with Gasteiger partial charge in [0.2, 0.25) is 0 Å². The van der Waals surface area contributed by atoms with Crippen LogP contribution in [-0.4, -0.2) is 52.9 Å². The third-order valence-corrected chi connectivity index (χ3v) is 5.76. The van der Waals surface area contributed by atoms with Crippen molar-refractivity contribution in [3.05, 3.63) is 34.9 Å². The van der Waals surface area contributed by atoms with Gasteiger partial charge >= 0.3 is 0 Å². The van der Waals surface area contributed by atoms with E-state index in [0.717, 1.165) is 30.4 Å². The largest absolute Gasteiger partial charge is 0.507 e. The van der Waals surface area contributed by atoms with Crippen molar-refractivity contribution in [2.75, 3.05) is 31.6 Å². The Kier molecular flexibility index (Phi) is 4.29. The van der Waals surface area contributed by atoms with Gasteiger partial charge in [0.25, 0.3) is 0 Å². The molecule has 3 heterocycles. The molecule has 2 aromatic rings. The number of anilines is 1. The Bertz CT molecular complexity index is 756. The van der Waals surface area contributed by atoms with Gasteiger partial charge in [-0.3, -0.25) is 0 Å². The first-order valence-electron chi connectivity index (χ1n) is 8.81. The van der Waals surface area contributed by atoms with Crippen molar-refractivity contribution in [2.24, 2.45) is 5.92 Å². The van der Waals surface area contributed by atoms with Crippen molar-refractivity contribution >= 4 is 17.4 Å². The number of piperidine rings is 1. The van der Waals surface area contributed by atoms with Crippen LogP contribution >= 0.6 is 11.6 Å². The van der Waals surface area contributed by atoms with Crippen molar-refractivity contribution < 1.29 is 5.11 Å². The number of rotatable bonds is 2. The molecule has 0 saturated carbocycles. The van der Waals surface area contributed by atoms with Gasteiger partial charge in [-0.25, -0.2) is 0 Å². The van der Waals surface area contributed by atoms with Crippen LogP contribution < -0.4 is 4.90 Å². The monoisotopic (exact) mass is 358 g/mol. The number of aromatic nitrogens is 2. The lowest BCUT2D eigenvalue weighted by Crippen LogP contribution is -2.47. The highest BCUT2D eigenvalue weighted by molar-refractivity contribution is 6.31. The van der Waals surface area contributed by atoms with Crippen molar-refractivity contribution in [1.82, 2.24) is 15.1 Å². The van der Waals surface area contributed by atoms with Gasteiger partial charge in [-0.2, -0.15) is 0 Å². The smallest absolute Gasteiger partial charge is 0.151 e. The van der Waals surface area contributed by atoms with Crippen molar-refractivity contribution in [2.45, 2.75) is 25.8 Å². The molecule has 2 saturated heterocycles. The fourth-order valence-electron chi connectivity index (χ4n) is 4.25. The van der Waals surface area contributed by atoms with E-state index in [1.165, 1.54) is 19.4 Å². The number of hydrogen-bond acceptors (Lipinski definition) is 5. The first kappa shape index (κ1) is 16.6. The fourth-order valence-corrected chi connectivity index (χ4v) is 4.52. The van der Waals surface area contributed by atoms with Crippen LogP contribution in [0.2, 0.25) is 5.02 Å². The van der Waals surface area contributed by atoms with Gasteiger partial charge in [0.05, 0.1) is 5.69 Å². The van der Waals surface area contributed by atoms with Crippen molar-refractivity contribution in [1.29, 1.82) is 0 Å². The third-order valence-electron chi connectivity index (χ3n) is 5.55. The molecule has 0 bridgehead atoms. The van der Waals surface area contributed by atoms with Crippen molar-refractivity contribution in [3.8, 4) is 17.0 Å². The second kappa shape index (κ2) is 6.46. The molecule has 0 aliphatic carbocycles. The molecule has 0 amide bonds. The lowest BCUT2D eigenvalue weighted by molar-refractivity contribution is 0.207. The summed E-state index contributed by atoms with van der Waals surface area (Å²) < 4.78 is 0. The zero-order valence-corrected chi connectivity index (χ0v) is 15.4. The number of fused-ring (bicyclic) bond motifs is 1. The van der Waals surface area contributed by atoms with Crippen LogP contribution in [0.5, 0.6) is 5.75 Å². The second-order valence-corrected chi connectivity index (χ2v) is 7.69. The maximum Gasteiger partial charge on any atom is 0.151 e. The molecule has 1 aromatic carbocycles. The zero-order chi connectivity index (χ0) is 17.6. The van der Waals surface area contributed by atoms with E-state index in [-0.39, 0.29) is 5.75 Å². The minimum Gasteiger partial charge on any atom is -0.507 e. The van der Waals surface area contributed by atoms with Crippen LogP contribution in [0.3, 0.4) is 0 Å². The molecular formula is C19H23ClN4O. The minimum absolute atomic E-state index is 0.141.